The quantitative estimate of drug-likeness (QED) is 0.933. The molecule has 1 aliphatic rings. The monoisotopic (exact) mass is 298 g/mol. The Balaban J connectivity index is 0.00000147. The molecule has 108 valence electrons. The van der Waals surface area contributed by atoms with Gasteiger partial charge in [-0.1, -0.05) is 5.16 Å². The van der Waals surface area contributed by atoms with Gasteiger partial charge in [0.15, 0.2) is 5.76 Å². The molecule has 0 bridgehead atoms. The van der Waals surface area contributed by atoms with E-state index in [1.165, 1.54) is 0 Å². The Hall–Kier alpha value is -1.79. The molecule has 1 saturated heterocycles. The van der Waals surface area contributed by atoms with E-state index in [2.05, 4.69) is 5.16 Å². The lowest BCUT2D eigenvalue weighted by atomic mass is 10.2. The summed E-state index contributed by atoms with van der Waals surface area (Å²) in [6, 6.07) is 4.94. The van der Waals surface area contributed by atoms with Gasteiger partial charge in [-0.15, -0.1) is 12.4 Å². The van der Waals surface area contributed by atoms with E-state index in [1.807, 2.05) is 4.90 Å². The van der Waals surface area contributed by atoms with Gasteiger partial charge in [0.25, 0.3) is 0 Å². The number of carboxylic acids is 1. The van der Waals surface area contributed by atoms with E-state index in [9.17, 15) is 4.79 Å². The molecule has 1 aliphatic heterocycles. The number of carbonyl (C=O) groups is 1. The summed E-state index contributed by atoms with van der Waals surface area (Å²) in [4.78, 5) is 13.0. The summed E-state index contributed by atoms with van der Waals surface area (Å²) in [6.07, 6.45) is 3.16. The van der Waals surface area contributed by atoms with Crippen molar-refractivity contribution in [2.45, 2.75) is 25.4 Å². The van der Waals surface area contributed by atoms with Gasteiger partial charge >= 0.3 is 5.97 Å². The zero-order valence-electron chi connectivity index (χ0n) is 10.7. The molecular weight excluding hydrogens is 284 g/mol. The predicted molar refractivity (Wildman–Crippen MR) is 72.5 cm³/mol. The second-order valence-electron chi connectivity index (χ2n) is 4.63. The van der Waals surface area contributed by atoms with Crippen LogP contribution < -0.4 is 0 Å². The zero-order chi connectivity index (χ0) is 13.2. The third-order valence-electron chi connectivity index (χ3n) is 3.34. The number of rotatable bonds is 4. The fraction of sp³-hybridized carbons (Fsp3) is 0.385. The minimum atomic E-state index is -0.771. The predicted octanol–water partition coefficient (Wildman–Crippen LogP) is 2.41. The number of carboxylic acid groups (broad SMARTS) is 1. The summed E-state index contributed by atoms with van der Waals surface area (Å²) in [5, 5.41) is 13.1. The summed E-state index contributed by atoms with van der Waals surface area (Å²) in [7, 11) is 0. The van der Waals surface area contributed by atoms with Crippen LogP contribution in [0, 0.1) is 0 Å². The Morgan fingerprint density at radius 1 is 1.50 bits per heavy atom. The molecule has 0 aromatic carbocycles. The second-order valence-corrected chi connectivity index (χ2v) is 4.63. The van der Waals surface area contributed by atoms with E-state index < -0.39 is 12.0 Å². The Kier molecular flexibility index (Phi) is 4.46. The Morgan fingerprint density at radius 3 is 3.05 bits per heavy atom. The van der Waals surface area contributed by atoms with E-state index in [-0.39, 0.29) is 12.4 Å². The van der Waals surface area contributed by atoms with Crippen molar-refractivity contribution in [3.63, 3.8) is 0 Å². The molecule has 3 heterocycles. The molecule has 6 nitrogen and oxygen atoms in total. The SMILES string of the molecule is Cl.O=C(O)C1CCCN1Cc1cc(-c2ccco2)on1. The smallest absolute Gasteiger partial charge is 0.320 e. The van der Waals surface area contributed by atoms with Crippen molar-refractivity contribution < 1.29 is 18.8 Å². The summed E-state index contributed by atoms with van der Waals surface area (Å²) < 4.78 is 10.4. The van der Waals surface area contributed by atoms with Gasteiger partial charge < -0.3 is 14.0 Å². The minimum Gasteiger partial charge on any atom is -0.480 e. The van der Waals surface area contributed by atoms with E-state index in [1.54, 1.807) is 24.5 Å². The van der Waals surface area contributed by atoms with Gasteiger partial charge in [0.05, 0.1) is 12.0 Å². The van der Waals surface area contributed by atoms with Gasteiger partial charge in [-0.25, -0.2) is 0 Å². The molecule has 1 N–H and O–H groups in total. The Bertz CT molecular complexity index is 567. The maximum Gasteiger partial charge on any atom is 0.320 e. The lowest BCUT2D eigenvalue weighted by Gasteiger charge is -2.19. The molecule has 0 amide bonds. The van der Waals surface area contributed by atoms with Crippen LogP contribution in [0.5, 0.6) is 0 Å². The van der Waals surface area contributed by atoms with Crippen LogP contribution in [0.15, 0.2) is 33.4 Å². The van der Waals surface area contributed by atoms with Crippen LogP contribution in [0.1, 0.15) is 18.5 Å². The van der Waals surface area contributed by atoms with Gasteiger partial charge in [-0.3, -0.25) is 9.69 Å². The van der Waals surface area contributed by atoms with Crippen molar-refractivity contribution in [1.82, 2.24) is 10.1 Å². The van der Waals surface area contributed by atoms with Crippen LogP contribution in [0.25, 0.3) is 11.5 Å². The number of likely N-dealkylation sites (tertiary alicyclic amines) is 1. The fourth-order valence-corrected chi connectivity index (χ4v) is 2.42. The van der Waals surface area contributed by atoms with Crippen LogP contribution >= 0.6 is 12.4 Å². The van der Waals surface area contributed by atoms with Crippen LogP contribution in [-0.4, -0.2) is 33.7 Å². The van der Waals surface area contributed by atoms with E-state index in [0.29, 0.717) is 24.5 Å². The molecule has 2 aromatic heterocycles. The van der Waals surface area contributed by atoms with Gasteiger partial charge in [0.1, 0.15) is 6.04 Å². The number of nitrogens with zero attached hydrogens (tertiary/aromatic N) is 2. The van der Waals surface area contributed by atoms with Crippen molar-refractivity contribution in [3.05, 3.63) is 30.2 Å². The number of hydrogen-bond donors (Lipinski definition) is 1. The Morgan fingerprint density at radius 2 is 2.35 bits per heavy atom. The third kappa shape index (κ3) is 2.86. The number of halogens is 1. The Labute approximate surface area is 121 Å². The first-order valence-electron chi connectivity index (χ1n) is 6.20. The number of aromatic nitrogens is 1. The molecule has 0 saturated carbocycles. The second kappa shape index (κ2) is 6.11. The molecule has 20 heavy (non-hydrogen) atoms. The van der Waals surface area contributed by atoms with Crippen molar-refractivity contribution in [1.29, 1.82) is 0 Å². The van der Waals surface area contributed by atoms with Crippen LogP contribution in [-0.2, 0) is 11.3 Å². The van der Waals surface area contributed by atoms with Crippen molar-refractivity contribution >= 4 is 18.4 Å². The molecule has 0 radical (unpaired) electrons. The summed E-state index contributed by atoms with van der Waals surface area (Å²) in [6.45, 7) is 1.26. The molecule has 1 unspecified atom stereocenters. The maximum absolute atomic E-state index is 11.1. The van der Waals surface area contributed by atoms with E-state index in [0.717, 1.165) is 18.7 Å². The lowest BCUT2D eigenvalue weighted by molar-refractivity contribution is -0.142. The number of furan rings is 1. The molecule has 7 heteroatoms. The highest BCUT2D eigenvalue weighted by Gasteiger charge is 2.31. The van der Waals surface area contributed by atoms with Crippen molar-refractivity contribution in [2.24, 2.45) is 0 Å². The van der Waals surface area contributed by atoms with Gasteiger partial charge in [-0.2, -0.15) is 0 Å². The average Bonchev–Trinajstić information content (AvgIpc) is 3.09. The largest absolute Gasteiger partial charge is 0.480 e. The van der Waals surface area contributed by atoms with Gasteiger partial charge in [-0.05, 0) is 31.5 Å². The number of hydrogen-bond acceptors (Lipinski definition) is 5. The zero-order valence-corrected chi connectivity index (χ0v) is 11.5. The van der Waals surface area contributed by atoms with Gasteiger partial charge in [0, 0.05) is 12.6 Å². The lowest BCUT2D eigenvalue weighted by Crippen LogP contribution is -2.35. The summed E-state index contributed by atoms with van der Waals surface area (Å²) in [5.41, 5.74) is 0.722. The highest BCUT2D eigenvalue weighted by Crippen LogP contribution is 2.24. The first-order chi connectivity index (χ1) is 9.24. The van der Waals surface area contributed by atoms with E-state index in [4.69, 9.17) is 14.0 Å². The van der Waals surface area contributed by atoms with Gasteiger partial charge in [0.2, 0.25) is 5.76 Å². The number of aliphatic carboxylic acids is 1. The molecular formula is C13H15ClN2O4. The van der Waals surface area contributed by atoms with E-state index >= 15 is 0 Å². The molecule has 2 aromatic rings. The molecule has 3 rings (SSSR count). The topological polar surface area (TPSA) is 79.7 Å². The third-order valence-corrected chi connectivity index (χ3v) is 3.34. The van der Waals surface area contributed by atoms with Crippen LogP contribution in [0.4, 0.5) is 0 Å². The standard InChI is InChI=1S/C13H14N2O4.ClH/c16-13(17)10-3-1-5-15(10)8-9-7-12(19-14-9)11-4-2-6-18-11;/h2,4,6-7,10H,1,3,5,8H2,(H,16,17);1H. The maximum atomic E-state index is 11.1. The minimum absolute atomic E-state index is 0. The molecule has 1 fully saturated rings. The fourth-order valence-electron chi connectivity index (χ4n) is 2.42. The van der Waals surface area contributed by atoms with Crippen molar-refractivity contribution in [3.8, 4) is 11.5 Å². The van der Waals surface area contributed by atoms with Crippen molar-refractivity contribution in [2.75, 3.05) is 6.54 Å². The first-order valence-corrected chi connectivity index (χ1v) is 6.20. The highest BCUT2D eigenvalue weighted by molar-refractivity contribution is 5.85. The highest BCUT2D eigenvalue weighted by atomic mass is 35.5. The van der Waals surface area contributed by atoms with Crippen LogP contribution in [0.2, 0.25) is 0 Å². The molecule has 1 atom stereocenters. The first kappa shape index (κ1) is 14.6. The molecule has 0 aliphatic carbocycles. The summed E-state index contributed by atoms with van der Waals surface area (Å²) in [5.74, 6) is 0.410. The molecule has 0 spiro atoms. The average molecular weight is 299 g/mol. The van der Waals surface area contributed by atoms with Crippen LogP contribution in [0.3, 0.4) is 0 Å². The normalized spacial score (nSPS) is 18.9. The summed E-state index contributed by atoms with van der Waals surface area (Å²) >= 11 is 0.